The highest BCUT2D eigenvalue weighted by Gasteiger charge is 2.41. The van der Waals surface area contributed by atoms with E-state index in [9.17, 15) is 0 Å². The van der Waals surface area contributed by atoms with Gasteiger partial charge in [0.15, 0.2) is 0 Å². The SMILES string of the molecule is CCCCCCCCCC(N)C1CC2CCC1C2. The number of nitrogens with two attached hydrogens (primary N) is 1. The van der Waals surface area contributed by atoms with Crippen molar-refractivity contribution < 1.29 is 0 Å². The van der Waals surface area contributed by atoms with Gasteiger partial charge in [-0.3, -0.25) is 0 Å². The molecule has 0 heterocycles. The lowest BCUT2D eigenvalue weighted by Crippen LogP contribution is -2.33. The molecule has 0 aromatic carbocycles. The van der Waals surface area contributed by atoms with Crippen LogP contribution >= 0.6 is 0 Å². The van der Waals surface area contributed by atoms with Crippen molar-refractivity contribution in [3.8, 4) is 0 Å². The second-order valence-corrected chi connectivity index (χ2v) is 6.91. The maximum atomic E-state index is 6.43. The Labute approximate surface area is 114 Å². The summed E-state index contributed by atoms with van der Waals surface area (Å²) in [5, 5.41) is 0. The largest absolute Gasteiger partial charge is 0.327 e. The normalized spacial score (nSPS) is 32.0. The Morgan fingerprint density at radius 1 is 0.944 bits per heavy atom. The molecule has 2 N–H and O–H groups in total. The van der Waals surface area contributed by atoms with Gasteiger partial charge in [-0.05, 0) is 43.4 Å². The third-order valence-corrected chi connectivity index (χ3v) is 5.48. The minimum atomic E-state index is 0.524. The van der Waals surface area contributed by atoms with Crippen LogP contribution in [0, 0.1) is 17.8 Å². The van der Waals surface area contributed by atoms with Crippen LogP contribution in [0.5, 0.6) is 0 Å². The first-order valence-electron chi connectivity index (χ1n) is 8.56. The molecule has 0 aromatic heterocycles. The lowest BCUT2D eigenvalue weighted by molar-refractivity contribution is 0.268. The Hall–Kier alpha value is -0.0400. The zero-order valence-corrected chi connectivity index (χ0v) is 12.4. The molecule has 0 aliphatic heterocycles. The molecular weight excluding hydrogens is 218 g/mol. The Bertz CT molecular complexity index is 226. The van der Waals surface area contributed by atoms with Crippen molar-refractivity contribution in [1.29, 1.82) is 0 Å². The zero-order valence-electron chi connectivity index (χ0n) is 12.4. The molecule has 0 spiro atoms. The molecule has 0 amide bonds. The van der Waals surface area contributed by atoms with Gasteiger partial charge in [-0.1, -0.05) is 58.3 Å². The van der Waals surface area contributed by atoms with Crippen molar-refractivity contribution in [3.63, 3.8) is 0 Å². The van der Waals surface area contributed by atoms with Gasteiger partial charge in [0.05, 0.1) is 0 Å². The van der Waals surface area contributed by atoms with Gasteiger partial charge in [-0.25, -0.2) is 0 Å². The lowest BCUT2D eigenvalue weighted by Gasteiger charge is -2.27. The minimum Gasteiger partial charge on any atom is -0.327 e. The molecule has 2 aliphatic rings. The van der Waals surface area contributed by atoms with Crippen molar-refractivity contribution in [3.05, 3.63) is 0 Å². The molecule has 2 bridgehead atoms. The van der Waals surface area contributed by atoms with Crippen LogP contribution in [0.3, 0.4) is 0 Å². The Kier molecular flexibility index (Phi) is 6.01. The lowest BCUT2D eigenvalue weighted by atomic mass is 9.82. The van der Waals surface area contributed by atoms with Crippen molar-refractivity contribution in [2.45, 2.75) is 90.0 Å². The molecule has 2 saturated carbocycles. The first-order valence-corrected chi connectivity index (χ1v) is 8.56. The minimum absolute atomic E-state index is 0.524. The molecule has 18 heavy (non-hydrogen) atoms. The van der Waals surface area contributed by atoms with E-state index in [0.717, 1.165) is 17.8 Å². The van der Waals surface area contributed by atoms with Gasteiger partial charge in [0.1, 0.15) is 0 Å². The number of hydrogen-bond donors (Lipinski definition) is 1. The van der Waals surface area contributed by atoms with Crippen LogP contribution in [0.15, 0.2) is 0 Å². The second kappa shape index (κ2) is 7.53. The summed E-state index contributed by atoms with van der Waals surface area (Å²) in [5.41, 5.74) is 6.43. The van der Waals surface area contributed by atoms with Crippen LogP contribution in [0.4, 0.5) is 0 Å². The first kappa shape index (κ1) is 14.4. The summed E-state index contributed by atoms with van der Waals surface area (Å²) in [5.74, 6) is 2.96. The summed E-state index contributed by atoms with van der Waals surface area (Å²) in [6.45, 7) is 2.29. The molecule has 2 rings (SSSR count). The van der Waals surface area contributed by atoms with E-state index in [-0.39, 0.29) is 0 Å². The van der Waals surface area contributed by atoms with Crippen molar-refractivity contribution in [1.82, 2.24) is 0 Å². The smallest absolute Gasteiger partial charge is 0.00699 e. The first-order chi connectivity index (χ1) is 8.81. The van der Waals surface area contributed by atoms with E-state index in [1.165, 1.54) is 77.0 Å². The summed E-state index contributed by atoms with van der Waals surface area (Å²) in [6, 6.07) is 0.524. The van der Waals surface area contributed by atoms with Crippen molar-refractivity contribution in [2.24, 2.45) is 23.5 Å². The average Bonchev–Trinajstić information content (AvgIpc) is 2.99. The molecule has 0 aromatic rings. The van der Waals surface area contributed by atoms with E-state index in [0.29, 0.717) is 6.04 Å². The molecule has 1 heteroatoms. The van der Waals surface area contributed by atoms with Gasteiger partial charge in [0.25, 0.3) is 0 Å². The quantitative estimate of drug-likeness (QED) is 0.580. The fourth-order valence-corrected chi connectivity index (χ4v) is 4.37. The highest BCUT2D eigenvalue weighted by molar-refractivity contribution is 4.94. The fraction of sp³-hybridized carbons (Fsp3) is 1.00. The highest BCUT2D eigenvalue weighted by atomic mass is 14.7. The molecule has 106 valence electrons. The molecule has 1 nitrogen and oxygen atoms in total. The maximum absolute atomic E-state index is 6.43. The van der Waals surface area contributed by atoms with E-state index in [4.69, 9.17) is 5.73 Å². The Morgan fingerprint density at radius 2 is 1.67 bits per heavy atom. The van der Waals surface area contributed by atoms with Crippen molar-refractivity contribution in [2.75, 3.05) is 0 Å². The van der Waals surface area contributed by atoms with Crippen LogP contribution in [-0.4, -0.2) is 6.04 Å². The maximum Gasteiger partial charge on any atom is 0.00699 e. The van der Waals surface area contributed by atoms with Gasteiger partial charge < -0.3 is 5.73 Å². The Balaban J connectivity index is 1.49. The second-order valence-electron chi connectivity index (χ2n) is 6.91. The van der Waals surface area contributed by atoms with Gasteiger partial charge in [0.2, 0.25) is 0 Å². The molecular formula is C17H33N. The van der Waals surface area contributed by atoms with Crippen LogP contribution in [-0.2, 0) is 0 Å². The zero-order chi connectivity index (χ0) is 12.8. The van der Waals surface area contributed by atoms with E-state index in [1.54, 1.807) is 0 Å². The number of unbranched alkanes of at least 4 members (excludes halogenated alkanes) is 6. The van der Waals surface area contributed by atoms with E-state index < -0.39 is 0 Å². The van der Waals surface area contributed by atoms with Crippen molar-refractivity contribution >= 4 is 0 Å². The number of rotatable bonds is 9. The summed E-state index contributed by atoms with van der Waals surface area (Å²) in [7, 11) is 0. The summed E-state index contributed by atoms with van der Waals surface area (Å²) in [4.78, 5) is 0. The summed E-state index contributed by atoms with van der Waals surface area (Å²) < 4.78 is 0. The van der Waals surface area contributed by atoms with Crippen LogP contribution in [0.1, 0.15) is 84.0 Å². The third-order valence-electron chi connectivity index (χ3n) is 5.48. The molecule has 4 unspecified atom stereocenters. The molecule has 0 radical (unpaired) electrons. The summed E-state index contributed by atoms with van der Waals surface area (Å²) >= 11 is 0. The predicted octanol–water partition coefficient (Wildman–Crippen LogP) is 4.89. The van der Waals surface area contributed by atoms with E-state index >= 15 is 0 Å². The summed E-state index contributed by atoms with van der Waals surface area (Å²) in [6.07, 6.45) is 17.1. The van der Waals surface area contributed by atoms with Crippen LogP contribution in [0.25, 0.3) is 0 Å². The van der Waals surface area contributed by atoms with Gasteiger partial charge in [-0.2, -0.15) is 0 Å². The van der Waals surface area contributed by atoms with Crippen LogP contribution in [0.2, 0.25) is 0 Å². The number of fused-ring (bicyclic) bond motifs is 2. The standard InChI is InChI=1S/C17H33N/c1-2-3-4-5-6-7-8-9-17(18)16-13-14-10-11-15(16)12-14/h14-17H,2-13,18H2,1H3. The number of hydrogen-bond acceptors (Lipinski definition) is 1. The molecule has 0 saturated heterocycles. The van der Waals surface area contributed by atoms with Gasteiger partial charge in [-0.15, -0.1) is 0 Å². The predicted molar refractivity (Wildman–Crippen MR) is 79.5 cm³/mol. The Morgan fingerprint density at radius 3 is 2.28 bits per heavy atom. The topological polar surface area (TPSA) is 26.0 Å². The fourth-order valence-electron chi connectivity index (χ4n) is 4.37. The van der Waals surface area contributed by atoms with Gasteiger partial charge in [0, 0.05) is 6.04 Å². The van der Waals surface area contributed by atoms with Gasteiger partial charge >= 0.3 is 0 Å². The highest BCUT2D eigenvalue weighted by Crippen LogP contribution is 2.49. The van der Waals surface area contributed by atoms with Crippen LogP contribution < -0.4 is 5.73 Å². The van der Waals surface area contributed by atoms with E-state index in [2.05, 4.69) is 6.92 Å². The molecule has 2 fully saturated rings. The van der Waals surface area contributed by atoms with E-state index in [1.807, 2.05) is 0 Å². The molecule has 4 atom stereocenters. The monoisotopic (exact) mass is 251 g/mol. The average molecular weight is 251 g/mol. The molecule has 2 aliphatic carbocycles. The third kappa shape index (κ3) is 3.98.